The molecular formula is C11H15BNO2. The van der Waals surface area contributed by atoms with Gasteiger partial charge < -0.3 is 9.13 Å². The maximum absolute atomic E-state index is 11.6. The Hall–Kier alpha value is -1.29. The quantitative estimate of drug-likeness (QED) is 0.543. The second kappa shape index (κ2) is 4.49. The number of carbonyl (C=O) groups excluding carboxylic acids is 1. The topological polar surface area (TPSA) is 26.3 Å². The number of ether oxygens (including phenoxy) is 1. The predicted octanol–water partition coefficient (Wildman–Crippen LogP) is 1.06. The minimum atomic E-state index is -0.490. The molecule has 0 saturated carbocycles. The Bertz CT molecular complexity index is 332. The molecule has 0 fully saturated rings. The Kier molecular flexibility index (Phi) is 3.53. The Balaban J connectivity index is 3.08. The summed E-state index contributed by atoms with van der Waals surface area (Å²) < 4.78 is 4.78. The van der Waals surface area contributed by atoms with Crippen molar-refractivity contribution in [2.24, 2.45) is 0 Å². The average molecular weight is 204 g/mol. The van der Waals surface area contributed by atoms with Gasteiger partial charge in [0.15, 0.2) is 6.04 Å². The first-order chi connectivity index (χ1) is 6.96. The fraction of sp³-hybridized carbons (Fsp3) is 0.364. The van der Waals surface area contributed by atoms with Gasteiger partial charge in [0.2, 0.25) is 0 Å². The third-order valence-corrected chi connectivity index (χ3v) is 2.21. The zero-order chi connectivity index (χ0) is 11.5. The zero-order valence-corrected chi connectivity index (χ0v) is 9.31. The Morgan fingerprint density at radius 1 is 1.33 bits per heavy atom. The van der Waals surface area contributed by atoms with Gasteiger partial charge in [-0.15, -0.1) is 0 Å². The fourth-order valence-corrected chi connectivity index (χ4v) is 1.54. The van der Waals surface area contributed by atoms with Gasteiger partial charge in [0, 0.05) is 19.7 Å². The number of hydrogen-bond acceptors (Lipinski definition) is 2. The van der Waals surface area contributed by atoms with Crippen LogP contribution in [0.25, 0.3) is 0 Å². The molecule has 3 radical (unpaired) electrons. The average Bonchev–Trinajstić information content (AvgIpc) is 2.17. The van der Waals surface area contributed by atoms with Crippen molar-refractivity contribution in [3.05, 3.63) is 35.9 Å². The first-order valence-electron chi connectivity index (χ1n) is 4.72. The summed E-state index contributed by atoms with van der Waals surface area (Å²) in [5, 5.41) is 0. The molecule has 0 bridgehead atoms. The number of rotatable bonds is 3. The summed E-state index contributed by atoms with van der Waals surface area (Å²) in [6.45, 7) is 0. The van der Waals surface area contributed by atoms with Gasteiger partial charge in [-0.1, -0.05) is 30.3 Å². The van der Waals surface area contributed by atoms with E-state index in [1.807, 2.05) is 30.3 Å². The molecule has 79 valence electrons. The van der Waals surface area contributed by atoms with Crippen LogP contribution in [0.15, 0.2) is 30.3 Å². The van der Waals surface area contributed by atoms with E-state index >= 15 is 0 Å². The van der Waals surface area contributed by atoms with Crippen molar-refractivity contribution in [3.8, 4) is 0 Å². The molecular weight excluding hydrogens is 189 g/mol. The third-order valence-electron chi connectivity index (χ3n) is 2.21. The number of esters is 1. The molecule has 0 aliphatic carbocycles. The van der Waals surface area contributed by atoms with Gasteiger partial charge in [0.1, 0.15) is 0 Å². The largest absolute Gasteiger partial charge is 0.578 e. The van der Waals surface area contributed by atoms with Gasteiger partial charge in [-0.25, -0.2) is 12.8 Å². The molecule has 0 aromatic heterocycles. The molecule has 1 rings (SSSR count). The van der Waals surface area contributed by atoms with Crippen LogP contribution in [0, 0.1) is 0 Å². The molecule has 1 aromatic carbocycles. The van der Waals surface area contributed by atoms with Crippen molar-refractivity contribution in [1.29, 1.82) is 0 Å². The Morgan fingerprint density at radius 2 is 1.87 bits per heavy atom. The number of methoxy groups -OCH3 is 1. The Labute approximate surface area is 91.7 Å². The summed E-state index contributed by atoms with van der Waals surface area (Å²) in [5.74, 6) is -0.325. The van der Waals surface area contributed by atoms with E-state index in [1.54, 1.807) is 14.1 Å². The molecule has 1 atom stereocenters. The summed E-state index contributed by atoms with van der Waals surface area (Å²) in [7, 11) is 10.8. The van der Waals surface area contributed by atoms with E-state index in [0.717, 1.165) is 5.56 Å². The van der Waals surface area contributed by atoms with Crippen molar-refractivity contribution >= 4 is 14.0 Å². The van der Waals surface area contributed by atoms with E-state index in [4.69, 9.17) is 12.7 Å². The van der Waals surface area contributed by atoms with E-state index in [1.165, 1.54) is 7.11 Å². The first kappa shape index (κ1) is 11.8. The van der Waals surface area contributed by atoms with Crippen LogP contribution < -0.4 is 0 Å². The van der Waals surface area contributed by atoms with Crippen molar-refractivity contribution in [2.75, 3.05) is 21.2 Å². The number of carbonyl (C=O) groups is 1. The van der Waals surface area contributed by atoms with Gasteiger partial charge in [0.25, 0.3) is 0 Å². The molecule has 0 aliphatic rings. The molecule has 0 spiro atoms. The van der Waals surface area contributed by atoms with Gasteiger partial charge in [-0.2, -0.15) is 0 Å². The van der Waals surface area contributed by atoms with E-state index in [0.29, 0.717) is 0 Å². The van der Waals surface area contributed by atoms with Crippen molar-refractivity contribution in [1.82, 2.24) is 0 Å². The fourth-order valence-electron chi connectivity index (χ4n) is 1.54. The third kappa shape index (κ3) is 2.83. The highest BCUT2D eigenvalue weighted by Gasteiger charge is 2.27. The molecule has 0 heterocycles. The molecule has 0 amide bonds. The summed E-state index contributed by atoms with van der Waals surface area (Å²) in [6, 6.07) is 8.90. The van der Waals surface area contributed by atoms with E-state index in [-0.39, 0.29) is 10.4 Å². The molecule has 4 heteroatoms. The van der Waals surface area contributed by atoms with E-state index in [2.05, 4.69) is 0 Å². The number of nitrogens with zero attached hydrogens (tertiary/aromatic N) is 1. The minimum Gasteiger partial charge on any atom is -0.578 e. The number of quaternary nitrogens is 1. The maximum Gasteiger partial charge on any atom is 0.365 e. The molecule has 0 N–H and O–H groups in total. The summed E-state index contributed by atoms with van der Waals surface area (Å²) in [4.78, 5) is 11.6. The molecule has 1 unspecified atom stereocenters. The lowest BCUT2D eigenvalue weighted by Gasteiger charge is -2.46. The van der Waals surface area contributed by atoms with Crippen LogP contribution in [0.4, 0.5) is 0 Å². The smallest absolute Gasteiger partial charge is 0.365 e. The molecule has 15 heavy (non-hydrogen) atoms. The van der Waals surface area contributed by atoms with Crippen LogP contribution in [0.1, 0.15) is 11.6 Å². The predicted molar refractivity (Wildman–Crippen MR) is 59.1 cm³/mol. The van der Waals surface area contributed by atoms with Gasteiger partial charge in [-0.05, 0) is 0 Å². The zero-order valence-electron chi connectivity index (χ0n) is 9.31. The summed E-state index contributed by atoms with van der Waals surface area (Å²) in [6.07, 6.45) is 0. The number of benzene rings is 1. The van der Waals surface area contributed by atoms with Crippen LogP contribution in [-0.2, 0) is 9.53 Å². The molecule has 0 aliphatic heterocycles. The number of hydrogen-bond donors (Lipinski definition) is 0. The SMILES string of the molecule is [B-][N+](C)(C)C(C(=O)OC)c1ccccc1. The van der Waals surface area contributed by atoms with E-state index < -0.39 is 6.04 Å². The van der Waals surface area contributed by atoms with Crippen LogP contribution in [0.3, 0.4) is 0 Å². The Morgan fingerprint density at radius 3 is 2.27 bits per heavy atom. The van der Waals surface area contributed by atoms with Crippen LogP contribution >= 0.6 is 0 Å². The van der Waals surface area contributed by atoms with Gasteiger partial charge in [0.05, 0.1) is 7.11 Å². The molecule has 0 saturated heterocycles. The van der Waals surface area contributed by atoms with Crippen LogP contribution in [-0.4, -0.2) is 39.5 Å². The lowest BCUT2D eigenvalue weighted by molar-refractivity contribution is -0.798. The minimum absolute atomic E-state index is 0.0245. The van der Waals surface area contributed by atoms with Crippen molar-refractivity contribution < 1.29 is 13.9 Å². The normalized spacial score (nSPS) is 13.3. The summed E-state index contributed by atoms with van der Waals surface area (Å²) >= 11 is 0. The van der Waals surface area contributed by atoms with Crippen LogP contribution in [0.2, 0.25) is 0 Å². The highest BCUT2D eigenvalue weighted by molar-refractivity contribution is 5.98. The monoisotopic (exact) mass is 204 g/mol. The second-order valence-electron chi connectivity index (χ2n) is 3.97. The van der Waals surface area contributed by atoms with Crippen LogP contribution in [0.5, 0.6) is 0 Å². The highest BCUT2D eigenvalue weighted by Crippen LogP contribution is 2.23. The lowest BCUT2D eigenvalue weighted by atomic mass is 10.00. The highest BCUT2D eigenvalue weighted by atomic mass is 16.5. The first-order valence-corrected chi connectivity index (χ1v) is 4.72. The molecule has 3 nitrogen and oxygen atoms in total. The lowest BCUT2D eigenvalue weighted by Crippen LogP contribution is -2.45. The maximum atomic E-state index is 11.6. The van der Waals surface area contributed by atoms with Crippen molar-refractivity contribution in [2.45, 2.75) is 6.04 Å². The standard InChI is InChI=1S/C11H15BNO2/c1-13(2,12)10(11(14)15-3)9-7-5-4-6-8-9/h4-8,10H,1-3H3. The second-order valence-corrected chi connectivity index (χ2v) is 3.97. The number of likely N-dealkylation sites (N-methyl/N-ethyl adjacent to an activating group) is 1. The van der Waals surface area contributed by atoms with E-state index in [9.17, 15) is 4.79 Å². The van der Waals surface area contributed by atoms with Gasteiger partial charge in [-0.3, -0.25) is 0 Å². The molecule has 1 aromatic rings. The van der Waals surface area contributed by atoms with Crippen molar-refractivity contribution in [3.63, 3.8) is 0 Å². The summed E-state index contributed by atoms with van der Waals surface area (Å²) in [5.41, 5.74) is 0.858. The van der Waals surface area contributed by atoms with Gasteiger partial charge >= 0.3 is 5.97 Å².